The Hall–Kier alpha value is -3.38. The Kier molecular flexibility index (Phi) is 5.21. The van der Waals surface area contributed by atoms with E-state index in [1.807, 2.05) is 78.9 Å². The maximum atomic E-state index is 12.7. The number of para-hydroxylation sites is 1. The van der Waals surface area contributed by atoms with Gasteiger partial charge in [-0.25, -0.2) is 9.78 Å². The lowest BCUT2D eigenvalue weighted by Gasteiger charge is -2.19. The van der Waals surface area contributed by atoms with Crippen LogP contribution >= 0.6 is 11.3 Å². The second kappa shape index (κ2) is 8.10. The number of carbonyl (C=O) groups is 1. The van der Waals surface area contributed by atoms with Gasteiger partial charge >= 0.3 is 6.03 Å². The van der Waals surface area contributed by atoms with E-state index in [9.17, 15) is 4.79 Å². The third-order valence-corrected chi connectivity index (χ3v) is 5.30. The van der Waals surface area contributed by atoms with Crippen LogP contribution in [0.2, 0.25) is 0 Å². The van der Waals surface area contributed by atoms with Crippen LogP contribution in [-0.2, 0) is 0 Å². The van der Waals surface area contributed by atoms with Gasteiger partial charge in [-0.3, -0.25) is 5.32 Å². The van der Waals surface area contributed by atoms with E-state index in [1.54, 1.807) is 7.11 Å². The Morgan fingerprint density at radius 3 is 2.18 bits per heavy atom. The van der Waals surface area contributed by atoms with Crippen molar-refractivity contribution in [2.24, 2.45) is 0 Å². The van der Waals surface area contributed by atoms with Crippen molar-refractivity contribution in [1.29, 1.82) is 0 Å². The van der Waals surface area contributed by atoms with Crippen LogP contribution in [0.15, 0.2) is 78.9 Å². The third-order valence-electron chi connectivity index (χ3n) is 4.36. The SMILES string of the molecule is COc1cccc2sc(NC(=O)NC(c3ccccc3)c3ccccc3)nc12. The van der Waals surface area contributed by atoms with Gasteiger partial charge in [-0.05, 0) is 23.3 Å². The van der Waals surface area contributed by atoms with E-state index >= 15 is 0 Å². The standard InChI is InChI=1S/C22H19N3O2S/c1-27-17-13-8-14-18-20(17)24-22(28-18)25-21(26)23-19(15-9-4-2-5-10-15)16-11-6-3-7-12-16/h2-14,19H,1H3,(H2,23,24,25,26). The number of anilines is 1. The zero-order valence-corrected chi connectivity index (χ0v) is 16.1. The number of urea groups is 1. The predicted molar refractivity (Wildman–Crippen MR) is 113 cm³/mol. The van der Waals surface area contributed by atoms with Gasteiger partial charge in [-0.15, -0.1) is 0 Å². The molecule has 0 saturated carbocycles. The highest BCUT2D eigenvalue weighted by molar-refractivity contribution is 7.22. The van der Waals surface area contributed by atoms with Gasteiger partial charge in [-0.2, -0.15) is 0 Å². The smallest absolute Gasteiger partial charge is 0.321 e. The summed E-state index contributed by atoms with van der Waals surface area (Å²) in [6, 6.07) is 24.9. The first-order valence-electron chi connectivity index (χ1n) is 8.85. The first-order chi connectivity index (χ1) is 13.7. The number of hydrogen-bond acceptors (Lipinski definition) is 4. The van der Waals surface area contributed by atoms with Gasteiger partial charge in [-0.1, -0.05) is 78.1 Å². The van der Waals surface area contributed by atoms with Crippen LogP contribution in [0.4, 0.5) is 9.93 Å². The van der Waals surface area contributed by atoms with Crippen LogP contribution in [0.25, 0.3) is 10.2 Å². The molecular weight excluding hydrogens is 370 g/mol. The molecule has 140 valence electrons. The lowest BCUT2D eigenvalue weighted by molar-refractivity contribution is 0.250. The molecule has 1 heterocycles. The second-order valence-electron chi connectivity index (χ2n) is 6.18. The van der Waals surface area contributed by atoms with E-state index in [2.05, 4.69) is 15.6 Å². The number of benzene rings is 3. The largest absolute Gasteiger partial charge is 0.494 e. The zero-order chi connectivity index (χ0) is 19.3. The van der Waals surface area contributed by atoms with Crippen molar-refractivity contribution in [2.45, 2.75) is 6.04 Å². The minimum absolute atomic E-state index is 0.258. The van der Waals surface area contributed by atoms with Gasteiger partial charge in [0.25, 0.3) is 0 Å². The molecule has 0 unspecified atom stereocenters. The quantitative estimate of drug-likeness (QED) is 0.492. The summed E-state index contributed by atoms with van der Waals surface area (Å²) in [5, 5.41) is 6.44. The monoisotopic (exact) mass is 389 g/mol. The van der Waals surface area contributed by atoms with Crippen LogP contribution in [0.3, 0.4) is 0 Å². The molecule has 0 aliphatic carbocycles. The minimum atomic E-state index is -0.310. The fraction of sp³-hybridized carbons (Fsp3) is 0.0909. The highest BCUT2D eigenvalue weighted by Gasteiger charge is 2.18. The van der Waals surface area contributed by atoms with Crippen LogP contribution in [-0.4, -0.2) is 18.1 Å². The highest BCUT2D eigenvalue weighted by Crippen LogP contribution is 2.32. The average molecular weight is 389 g/mol. The van der Waals surface area contributed by atoms with Crippen molar-refractivity contribution < 1.29 is 9.53 Å². The molecule has 6 heteroatoms. The van der Waals surface area contributed by atoms with Gasteiger partial charge in [0.05, 0.1) is 17.9 Å². The molecule has 0 spiro atoms. The number of ether oxygens (including phenoxy) is 1. The molecule has 5 nitrogen and oxygen atoms in total. The summed E-state index contributed by atoms with van der Waals surface area (Å²) in [5.41, 5.74) is 2.76. The van der Waals surface area contributed by atoms with Gasteiger partial charge < -0.3 is 10.1 Å². The summed E-state index contributed by atoms with van der Waals surface area (Å²) in [4.78, 5) is 17.2. The van der Waals surface area contributed by atoms with E-state index < -0.39 is 0 Å². The molecule has 2 amide bonds. The summed E-state index contributed by atoms with van der Waals surface area (Å²) >= 11 is 1.41. The number of nitrogens with one attached hydrogen (secondary N) is 2. The molecule has 0 radical (unpaired) electrons. The Balaban J connectivity index is 1.57. The fourth-order valence-electron chi connectivity index (χ4n) is 3.06. The fourth-order valence-corrected chi connectivity index (χ4v) is 3.93. The topological polar surface area (TPSA) is 63.2 Å². The van der Waals surface area contributed by atoms with Crippen molar-refractivity contribution in [3.8, 4) is 5.75 Å². The van der Waals surface area contributed by atoms with Crippen molar-refractivity contribution in [2.75, 3.05) is 12.4 Å². The summed E-state index contributed by atoms with van der Waals surface area (Å²) in [6.45, 7) is 0. The Morgan fingerprint density at radius 2 is 1.57 bits per heavy atom. The van der Waals surface area contributed by atoms with Crippen molar-refractivity contribution >= 4 is 32.7 Å². The van der Waals surface area contributed by atoms with Gasteiger partial charge in [0, 0.05) is 0 Å². The normalized spacial score (nSPS) is 10.8. The van der Waals surface area contributed by atoms with E-state index in [1.165, 1.54) is 11.3 Å². The van der Waals surface area contributed by atoms with Crippen molar-refractivity contribution in [1.82, 2.24) is 10.3 Å². The molecule has 0 fully saturated rings. The van der Waals surface area contributed by atoms with E-state index in [-0.39, 0.29) is 12.1 Å². The number of amides is 2. The Labute approximate surface area is 167 Å². The third kappa shape index (κ3) is 3.82. The van der Waals surface area contributed by atoms with Crippen LogP contribution in [0, 0.1) is 0 Å². The molecule has 1 aromatic heterocycles. The first-order valence-corrected chi connectivity index (χ1v) is 9.67. The maximum absolute atomic E-state index is 12.7. The number of hydrogen-bond donors (Lipinski definition) is 2. The van der Waals surface area contributed by atoms with Crippen LogP contribution < -0.4 is 15.4 Å². The Bertz CT molecular complexity index is 1040. The molecule has 28 heavy (non-hydrogen) atoms. The molecule has 0 saturated heterocycles. The lowest BCUT2D eigenvalue weighted by atomic mass is 9.99. The van der Waals surface area contributed by atoms with Crippen molar-refractivity contribution in [3.05, 3.63) is 90.0 Å². The molecule has 0 aliphatic rings. The molecule has 2 N–H and O–H groups in total. The number of carbonyl (C=O) groups excluding carboxylic acids is 1. The van der Waals surface area contributed by atoms with Crippen LogP contribution in [0.1, 0.15) is 17.2 Å². The highest BCUT2D eigenvalue weighted by atomic mass is 32.1. The second-order valence-corrected chi connectivity index (χ2v) is 7.21. The predicted octanol–water partition coefficient (Wildman–Crippen LogP) is 5.22. The molecule has 4 aromatic rings. The van der Waals surface area contributed by atoms with Gasteiger partial charge in [0.1, 0.15) is 11.3 Å². The molecule has 0 bridgehead atoms. The number of aromatic nitrogens is 1. The van der Waals surface area contributed by atoms with E-state index in [0.29, 0.717) is 10.9 Å². The summed E-state index contributed by atoms with van der Waals surface area (Å²) in [6.07, 6.45) is 0. The summed E-state index contributed by atoms with van der Waals surface area (Å²) in [7, 11) is 1.61. The summed E-state index contributed by atoms with van der Waals surface area (Å²) < 4.78 is 6.30. The number of nitrogens with zero attached hydrogens (tertiary/aromatic N) is 1. The molecule has 0 atom stereocenters. The zero-order valence-electron chi connectivity index (χ0n) is 15.3. The molecular formula is C22H19N3O2S. The molecule has 4 rings (SSSR count). The van der Waals surface area contributed by atoms with Gasteiger partial charge in [0.15, 0.2) is 5.13 Å². The molecule has 3 aromatic carbocycles. The maximum Gasteiger partial charge on any atom is 0.321 e. The number of fused-ring (bicyclic) bond motifs is 1. The minimum Gasteiger partial charge on any atom is -0.494 e. The average Bonchev–Trinajstić information content (AvgIpc) is 3.15. The number of methoxy groups -OCH3 is 1. The van der Waals surface area contributed by atoms with E-state index in [0.717, 1.165) is 21.3 Å². The number of rotatable bonds is 5. The van der Waals surface area contributed by atoms with E-state index in [4.69, 9.17) is 4.74 Å². The summed E-state index contributed by atoms with van der Waals surface area (Å²) in [5.74, 6) is 0.689. The van der Waals surface area contributed by atoms with Gasteiger partial charge in [0.2, 0.25) is 0 Å². The first kappa shape index (κ1) is 18.0. The Morgan fingerprint density at radius 1 is 0.929 bits per heavy atom. The lowest BCUT2D eigenvalue weighted by Crippen LogP contribution is -2.33. The van der Waals surface area contributed by atoms with Crippen molar-refractivity contribution in [3.63, 3.8) is 0 Å². The molecule has 0 aliphatic heterocycles. The van der Waals surface area contributed by atoms with Crippen LogP contribution in [0.5, 0.6) is 5.75 Å². The number of thiazole rings is 1.